The molecule has 0 radical (unpaired) electrons. The van der Waals surface area contributed by atoms with Crippen LogP contribution in [0.25, 0.3) is 98.4 Å². The molecule has 1 aromatic heterocycles. The van der Waals surface area contributed by atoms with Crippen LogP contribution >= 0.6 is 0 Å². The Hall–Kier alpha value is -6.18. The average molecular weight is 605 g/mol. The summed E-state index contributed by atoms with van der Waals surface area (Å²) in [5, 5.41) is 6.45. The van der Waals surface area contributed by atoms with Crippen molar-refractivity contribution in [2.75, 3.05) is 0 Å². The van der Waals surface area contributed by atoms with E-state index in [1.54, 1.807) is 0 Å². The molecule has 47 heavy (non-hydrogen) atoms. The molecule has 0 aliphatic heterocycles. The fourth-order valence-electron chi connectivity index (χ4n) is 7.30. The monoisotopic (exact) mass is 604 g/mol. The normalized spacial score (nSPS) is 14.2. The first-order valence-electron chi connectivity index (χ1n) is 19.5. The summed E-state index contributed by atoms with van der Waals surface area (Å²) in [6.45, 7) is 0. The Bertz CT molecular complexity index is 3220. The molecule has 0 unspecified atom stereocenters. The zero-order chi connectivity index (χ0) is 37.9. The highest BCUT2D eigenvalue weighted by Crippen LogP contribution is 2.46. The van der Waals surface area contributed by atoms with Crippen LogP contribution in [0.5, 0.6) is 0 Å². The van der Waals surface area contributed by atoms with E-state index in [0.29, 0.717) is 27.8 Å². The first-order chi connectivity index (χ1) is 26.7. The lowest BCUT2D eigenvalue weighted by molar-refractivity contribution is 0.669. The van der Waals surface area contributed by atoms with Crippen molar-refractivity contribution in [3.63, 3.8) is 0 Å². The van der Waals surface area contributed by atoms with E-state index in [2.05, 4.69) is 12.1 Å². The van der Waals surface area contributed by atoms with Gasteiger partial charge in [0.2, 0.25) is 0 Å². The van der Waals surface area contributed by atoms with Crippen LogP contribution in [0, 0.1) is 0 Å². The number of hydrogen-bond acceptors (Lipinski definition) is 1. The predicted molar refractivity (Wildman–Crippen MR) is 200 cm³/mol. The Morgan fingerprint density at radius 2 is 0.936 bits per heavy atom. The second kappa shape index (κ2) is 10.2. The minimum atomic E-state index is -0.430. The molecule has 0 N–H and O–H groups in total. The maximum Gasteiger partial charge on any atom is 0.136 e. The van der Waals surface area contributed by atoms with Gasteiger partial charge in [0.1, 0.15) is 11.2 Å². The standard InChI is InChI=1S/C46H28O/c1-3-17-33-29(12-1)14-10-24-36(33)44-39-21-7-5-19-37(39)43(38-20-6-8-22-40(38)44)32-16-9-15-31(28-32)35-23-11-25-41-46(35)45-34-18-4-2-13-30(34)26-27-42(45)47-41/h1-28H/i5D,6D,7D,8D,19D,20D,21D,22D. The van der Waals surface area contributed by atoms with Crippen LogP contribution in [-0.2, 0) is 0 Å². The van der Waals surface area contributed by atoms with Gasteiger partial charge in [-0.2, -0.15) is 0 Å². The Morgan fingerprint density at radius 3 is 1.70 bits per heavy atom. The molecule has 9 aromatic carbocycles. The van der Waals surface area contributed by atoms with Crippen molar-refractivity contribution in [1.29, 1.82) is 0 Å². The largest absolute Gasteiger partial charge is 0.456 e. The third kappa shape index (κ3) is 3.90. The molecule has 0 saturated heterocycles. The van der Waals surface area contributed by atoms with Crippen molar-refractivity contribution >= 4 is 65.0 Å². The quantitative estimate of drug-likeness (QED) is 0.183. The second-order valence-electron chi connectivity index (χ2n) is 11.8. The van der Waals surface area contributed by atoms with Crippen molar-refractivity contribution in [3.8, 4) is 33.4 Å². The highest BCUT2D eigenvalue weighted by molar-refractivity contribution is 6.25. The Balaban J connectivity index is 1.39. The summed E-state index contributed by atoms with van der Waals surface area (Å²) >= 11 is 0. The van der Waals surface area contributed by atoms with Crippen molar-refractivity contribution in [2.24, 2.45) is 0 Å². The van der Waals surface area contributed by atoms with Gasteiger partial charge in [0.05, 0.1) is 11.0 Å². The minimum absolute atomic E-state index is 0.182. The van der Waals surface area contributed by atoms with Crippen LogP contribution in [0.2, 0.25) is 0 Å². The molecule has 1 heteroatoms. The van der Waals surface area contributed by atoms with Gasteiger partial charge in [0.15, 0.2) is 0 Å². The minimum Gasteiger partial charge on any atom is -0.456 e. The molecule has 0 bridgehead atoms. The van der Waals surface area contributed by atoms with Gasteiger partial charge in [0.25, 0.3) is 0 Å². The topological polar surface area (TPSA) is 13.1 Å². The van der Waals surface area contributed by atoms with Crippen LogP contribution in [-0.4, -0.2) is 0 Å². The molecule has 10 rings (SSSR count). The fraction of sp³-hybridized carbons (Fsp3) is 0. The first kappa shape index (κ1) is 19.4. The van der Waals surface area contributed by atoms with Gasteiger partial charge in [-0.25, -0.2) is 0 Å². The molecule has 0 fully saturated rings. The van der Waals surface area contributed by atoms with E-state index in [-0.39, 0.29) is 45.7 Å². The Labute approximate surface area is 283 Å². The Kier molecular flexibility index (Phi) is 4.19. The van der Waals surface area contributed by atoms with Crippen molar-refractivity contribution in [3.05, 3.63) is 170 Å². The van der Waals surface area contributed by atoms with E-state index in [4.69, 9.17) is 9.90 Å². The summed E-state index contributed by atoms with van der Waals surface area (Å²) in [5.74, 6) is 0. The highest BCUT2D eigenvalue weighted by atomic mass is 16.3. The fourth-order valence-corrected chi connectivity index (χ4v) is 7.30. The average Bonchev–Trinajstić information content (AvgIpc) is 3.62. The van der Waals surface area contributed by atoms with Gasteiger partial charge in [-0.3, -0.25) is 0 Å². The van der Waals surface area contributed by atoms with Gasteiger partial charge in [-0.15, -0.1) is 0 Å². The molecule has 0 aliphatic rings. The van der Waals surface area contributed by atoms with Gasteiger partial charge in [-0.1, -0.05) is 151 Å². The molecular weight excluding hydrogens is 569 g/mol. The third-order valence-corrected chi connectivity index (χ3v) is 9.28. The van der Waals surface area contributed by atoms with E-state index in [0.717, 1.165) is 49.0 Å². The van der Waals surface area contributed by atoms with Gasteiger partial charge >= 0.3 is 0 Å². The molecule has 0 amide bonds. The lowest BCUT2D eigenvalue weighted by atomic mass is 9.84. The van der Waals surface area contributed by atoms with Crippen molar-refractivity contribution in [2.45, 2.75) is 0 Å². The number of benzene rings is 9. The van der Waals surface area contributed by atoms with E-state index in [9.17, 15) is 5.48 Å². The molecule has 1 nitrogen and oxygen atoms in total. The predicted octanol–water partition coefficient (Wildman–Crippen LogP) is 13.2. The number of fused-ring (bicyclic) bond motifs is 8. The van der Waals surface area contributed by atoms with E-state index < -0.39 is 24.2 Å². The maximum absolute atomic E-state index is 9.41. The lowest BCUT2D eigenvalue weighted by Gasteiger charge is -2.19. The molecule has 10 aromatic rings. The second-order valence-corrected chi connectivity index (χ2v) is 11.8. The summed E-state index contributed by atoms with van der Waals surface area (Å²) in [5.41, 5.74) is 4.96. The van der Waals surface area contributed by atoms with Gasteiger partial charge in [0, 0.05) is 10.8 Å². The summed E-state index contributed by atoms with van der Waals surface area (Å²) in [4.78, 5) is 0. The van der Waals surface area contributed by atoms with Crippen molar-refractivity contribution < 1.29 is 15.4 Å². The molecule has 1 heterocycles. The highest BCUT2D eigenvalue weighted by Gasteiger charge is 2.19. The molecule has 0 spiro atoms. The third-order valence-electron chi connectivity index (χ3n) is 9.28. The number of furan rings is 1. The summed E-state index contributed by atoms with van der Waals surface area (Å²) < 4.78 is 79.3. The number of hydrogen-bond donors (Lipinski definition) is 0. The van der Waals surface area contributed by atoms with Gasteiger partial charge in [-0.05, 0) is 94.7 Å². The molecule has 0 atom stereocenters. The molecule has 0 aliphatic carbocycles. The first-order valence-corrected chi connectivity index (χ1v) is 15.5. The molecule has 0 saturated carbocycles. The van der Waals surface area contributed by atoms with E-state index in [1.807, 2.05) is 109 Å². The van der Waals surface area contributed by atoms with Crippen LogP contribution in [0.4, 0.5) is 0 Å². The van der Waals surface area contributed by atoms with Crippen LogP contribution in [0.3, 0.4) is 0 Å². The zero-order valence-corrected chi connectivity index (χ0v) is 25.0. The molecular formula is C46H28O. The van der Waals surface area contributed by atoms with Gasteiger partial charge < -0.3 is 4.42 Å². The Morgan fingerprint density at radius 1 is 0.383 bits per heavy atom. The van der Waals surface area contributed by atoms with Crippen molar-refractivity contribution in [1.82, 2.24) is 0 Å². The van der Waals surface area contributed by atoms with E-state index >= 15 is 0 Å². The van der Waals surface area contributed by atoms with Crippen LogP contribution in [0.15, 0.2) is 174 Å². The maximum atomic E-state index is 9.41. The van der Waals surface area contributed by atoms with Crippen LogP contribution in [0.1, 0.15) is 11.0 Å². The number of rotatable bonds is 3. The summed E-state index contributed by atoms with van der Waals surface area (Å²) in [7, 11) is 0. The SMILES string of the molecule is [2H]c1c([2H])c([2H])c2c(-c3cccc4ccccc34)c3c([2H])c([2H])c([2H])c([2H])c3c(-c3cccc(-c4cccc5oc6ccc7ccccc7c6c45)c3)c2c1[2H]. The van der Waals surface area contributed by atoms with Crippen LogP contribution < -0.4 is 0 Å². The zero-order valence-electron chi connectivity index (χ0n) is 33.0. The molecule has 218 valence electrons. The smallest absolute Gasteiger partial charge is 0.136 e. The lowest BCUT2D eigenvalue weighted by Crippen LogP contribution is -1.92. The summed E-state index contributed by atoms with van der Waals surface area (Å²) in [6.07, 6.45) is 0. The summed E-state index contributed by atoms with van der Waals surface area (Å²) in [6, 6.07) is 36.1. The van der Waals surface area contributed by atoms with E-state index in [1.165, 1.54) is 0 Å².